The Bertz CT molecular complexity index is 313. The van der Waals surface area contributed by atoms with Crippen molar-refractivity contribution in [1.82, 2.24) is 10.2 Å². The number of ether oxygens (including phenoxy) is 1. The molecule has 0 bridgehead atoms. The van der Waals surface area contributed by atoms with E-state index in [9.17, 15) is 13.2 Å². The van der Waals surface area contributed by atoms with Crippen LogP contribution in [0, 0.1) is 11.3 Å². The topological polar surface area (TPSA) is 24.5 Å². The predicted molar refractivity (Wildman–Crippen MR) is 78.1 cm³/mol. The highest BCUT2D eigenvalue weighted by molar-refractivity contribution is 4.92. The SMILES string of the molecule is CC(C)CC1CN(CCOC(F)(F)F)C(C(C)(C)C)CN1. The second-order valence-corrected chi connectivity index (χ2v) is 7.41. The van der Waals surface area contributed by atoms with Crippen LogP contribution in [-0.4, -0.2) is 49.6 Å². The van der Waals surface area contributed by atoms with Crippen LogP contribution in [0.3, 0.4) is 0 Å². The van der Waals surface area contributed by atoms with Crippen LogP contribution < -0.4 is 5.32 Å². The molecule has 0 spiro atoms. The van der Waals surface area contributed by atoms with E-state index in [1.807, 2.05) is 0 Å². The Morgan fingerprint density at radius 1 is 1.24 bits per heavy atom. The summed E-state index contributed by atoms with van der Waals surface area (Å²) in [6, 6.07) is 0.562. The molecule has 1 heterocycles. The Hall–Kier alpha value is -0.330. The Labute approximate surface area is 126 Å². The summed E-state index contributed by atoms with van der Waals surface area (Å²) in [4.78, 5) is 2.15. The number of piperazine rings is 1. The summed E-state index contributed by atoms with van der Waals surface area (Å²) >= 11 is 0. The molecule has 21 heavy (non-hydrogen) atoms. The minimum absolute atomic E-state index is 0.0219. The molecule has 1 aliphatic rings. The minimum atomic E-state index is -4.54. The van der Waals surface area contributed by atoms with Crippen LogP contribution in [0.2, 0.25) is 0 Å². The van der Waals surface area contributed by atoms with Gasteiger partial charge in [0.2, 0.25) is 0 Å². The van der Waals surface area contributed by atoms with Gasteiger partial charge in [-0.25, -0.2) is 0 Å². The average Bonchev–Trinajstić information content (AvgIpc) is 2.24. The summed E-state index contributed by atoms with van der Waals surface area (Å²) in [6.45, 7) is 12.3. The molecule has 2 unspecified atom stereocenters. The van der Waals surface area contributed by atoms with E-state index in [1.165, 1.54) is 0 Å². The van der Waals surface area contributed by atoms with Gasteiger partial charge in [-0.05, 0) is 17.8 Å². The lowest BCUT2D eigenvalue weighted by Gasteiger charge is -2.46. The average molecular weight is 310 g/mol. The summed E-state index contributed by atoms with van der Waals surface area (Å²) in [5.74, 6) is 0.571. The fourth-order valence-electron chi connectivity index (χ4n) is 2.99. The van der Waals surface area contributed by atoms with Crippen molar-refractivity contribution in [1.29, 1.82) is 0 Å². The molecule has 0 radical (unpaired) electrons. The van der Waals surface area contributed by atoms with E-state index in [0.29, 0.717) is 18.5 Å². The van der Waals surface area contributed by atoms with Crippen molar-refractivity contribution in [2.24, 2.45) is 11.3 Å². The van der Waals surface area contributed by atoms with Gasteiger partial charge in [0.25, 0.3) is 0 Å². The van der Waals surface area contributed by atoms with Crippen molar-refractivity contribution < 1.29 is 17.9 Å². The Balaban J connectivity index is 2.61. The second kappa shape index (κ2) is 7.29. The zero-order valence-corrected chi connectivity index (χ0v) is 13.8. The Kier molecular flexibility index (Phi) is 6.50. The molecule has 0 aliphatic carbocycles. The van der Waals surface area contributed by atoms with Gasteiger partial charge in [0.1, 0.15) is 0 Å². The van der Waals surface area contributed by atoms with Crippen LogP contribution in [-0.2, 0) is 4.74 Å². The third kappa shape index (κ3) is 6.98. The van der Waals surface area contributed by atoms with Crippen LogP contribution >= 0.6 is 0 Å². The maximum Gasteiger partial charge on any atom is 0.522 e. The van der Waals surface area contributed by atoms with Gasteiger partial charge in [0.05, 0.1) is 6.61 Å². The van der Waals surface area contributed by atoms with Crippen molar-refractivity contribution in [2.75, 3.05) is 26.2 Å². The molecule has 1 N–H and O–H groups in total. The summed E-state index contributed by atoms with van der Waals surface area (Å²) < 4.78 is 40.4. The molecule has 3 nitrogen and oxygen atoms in total. The van der Waals surface area contributed by atoms with Crippen LogP contribution in [0.15, 0.2) is 0 Å². The Morgan fingerprint density at radius 3 is 2.33 bits per heavy atom. The normalized spacial score (nSPS) is 25.6. The van der Waals surface area contributed by atoms with Gasteiger partial charge in [-0.3, -0.25) is 9.64 Å². The van der Waals surface area contributed by atoms with Gasteiger partial charge in [-0.15, -0.1) is 13.2 Å². The third-order valence-electron chi connectivity index (χ3n) is 3.90. The smallest absolute Gasteiger partial charge is 0.311 e. The summed E-state index contributed by atoms with van der Waals surface area (Å²) in [6.07, 6.45) is -3.50. The van der Waals surface area contributed by atoms with Crippen molar-refractivity contribution in [3.63, 3.8) is 0 Å². The largest absolute Gasteiger partial charge is 0.522 e. The van der Waals surface area contributed by atoms with Gasteiger partial charge in [0.15, 0.2) is 0 Å². The zero-order valence-electron chi connectivity index (χ0n) is 13.8. The van der Waals surface area contributed by atoms with Crippen LogP contribution in [0.4, 0.5) is 13.2 Å². The van der Waals surface area contributed by atoms with E-state index in [-0.39, 0.29) is 18.1 Å². The summed E-state index contributed by atoms with van der Waals surface area (Å²) in [5, 5.41) is 3.54. The molecule has 126 valence electrons. The van der Waals surface area contributed by atoms with Gasteiger partial charge in [-0.1, -0.05) is 34.6 Å². The van der Waals surface area contributed by atoms with E-state index in [1.54, 1.807) is 0 Å². The van der Waals surface area contributed by atoms with E-state index >= 15 is 0 Å². The number of rotatable bonds is 5. The second-order valence-electron chi connectivity index (χ2n) is 7.41. The first-order valence-electron chi connectivity index (χ1n) is 7.67. The summed E-state index contributed by atoms with van der Waals surface area (Å²) in [7, 11) is 0. The minimum Gasteiger partial charge on any atom is -0.311 e. The molecule has 0 amide bonds. The summed E-state index contributed by atoms with van der Waals surface area (Å²) in [5.41, 5.74) is 0.0219. The zero-order chi connectivity index (χ0) is 16.3. The maximum absolute atomic E-state index is 12.1. The molecule has 2 atom stereocenters. The van der Waals surface area contributed by atoms with E-state index in [2.05, 4.69) is 49.6 Å². The number of alkyl halides is 3. The van der Waals surface area contributed by atoms with Gasteiger partial charge >= 0.3 is 6.36 Å². The highest BCUT2D eigenvalue weighted by Crippen LogP contribution is 2.27. The third-order valence-corrected chi connectivity index (χ3v) is 3.90. The molecule has 0 saturated carbocycles. The van der Waals surface area contributed by atoms with Crippen molar-refractivity contribution in [3.8, 4) is 0 Å². The monoisotopic (exact) mass is 310 g/mol. The first-order valence-corrected chi connectivity index (χ1v) is 7.67. The number of nitrogens with zero attached hydrogens (tertiary/aromatic N) is 1. The number of halogens is 3. The molecule has 1 aliphatic heterocycles. The quantitative estimate of drug-likeness (QED) is 0.843. The van der Waals surface area contributed by atoms with Gasteiger partial charge in [0, 0.05) is 31.7 Å². The Morgan fingerprint density at radius 2 is 1.86 bits per heavy atom. The lowest BCUT2D eigenvalue weighted by molar-refractivity contribution is -0.325. The number of hydrogen-bond donors (Lipinski definition) is 1. The first kappa shape index (κ1) is 18.7. The number of hydrogen-bond acceptors (Lipinski definition) is 3. The first-order chi connectivity index (χ1) is 9.49. The van der Waals surface area contributed by atoms with Crippen molar-refractivity contribution in [2.45, 2.75) is 59.5 Å². The van der Waals surface area contributed by atoms with E-state index < -0.39 is 6.36 Å². The molecule has 0 aromatic heterocycles. The molecule has 1 saturated heterocycles. The van der Waals surface area contributed by atoms with Gasteiger partial charge < -0.3 is 5.32 Å². The molecule has 0 aromatic carbocycles. The molecule has 6 heteroatoms. The van der Waals surface area contributed by atoms with Crippen LogP contribution in [0.5, 0.6) is 0 Å². The molecular formula is C15H29F3N2O. The fraction of sp³-hybridized carbons (Fsp3) is 1.00. The van der Waals surface area contributed by atoms with Gasteiger partial charge in [-0.2, -0.15) is 0 Å². The standard InChI is InChI=1S/C15H29F3N2O/c1-11(2)8-12-10-20(6-7-21-15(16,17)18)13(9-19-12)14(3,4)5/h11-13,19H,6-10H2,1-5H3. The lowest BCUT2D eigenvalue weighted by Crippen LogP contribution is -2.61. The molecular weight excluding hydrogens is 281 g/mol. The maximum atomic E-state index is 12.1. The highest BCUT2D eigenvalue weighted by Gasteiger charge is 2.36. The molecule has 1 rings (SSSR count). The molecule has 0 aromatic rings. The van der Waals surface area contributed by atoms with E-state index in [0.717, 1.165) is 19.5 Å². The highest BCUT2D eigenvalue weighted by atomic mass is 19.4. The van der Waals surface area contributed by atoms with Crippen molar-refractivity contribution in [3.05, 3.63) is 0 Å². The van der Waals surface area contributed by atoms with Crippen LogP contribution in [0.25, 0.3) is 0 Å². The van der Waals surface area contributed by atoms with Crippen molar-refractivity contribution >= 4 is 0 Å². The fourth-order valence-corrected chi connectivity index (χ4v) is 2.99. The van der Waals surface area contributed by atoms with E-state index in [4.69, 9.17) is 0 Å². The molecule has 1 fully saturated rings. The number of nitrogens with one attached hydrogen (secondary N) is 1. The lowest BCUT2D eigenvalue weighted by atomic mass is 9.83. The van der Waals surface area contributed by atoms with Crippen LogP contribution in [0.1, 0.15) is 41.0 Å². The predicted octanol–water partition coefficient (Wildman–Crippen LogP) is 3.26.